The molecule has 0 saturated heterocycles. The van der Waals surface area contributed by atoms with Gasteiger partial charge in [0, 0.05) is 16.5 Å². The Morgan fingerprint density at radius 1 is 1.29 bits per heavy atom. The van der Waals surface area contributed by atoms with Gasteiger partial charge >= 0.3 is 0 Å². The lowest BCUT2D eigenvalue weighted by Gasteiger charge is -2.02. The molecule has 0 aliphatic heterocycles. The number of Topliss-reactive ketones (excluding diaryl/α,β-unsaturated/α-hetero) is 1. The van der Waals surface area contributed by atoms with Crippen LogP contribution in [0.25, 0.3) is 0 Å². The Hall–Kier alpha value is -0.630. The molecule has 76 valence electrons. The van der Waals surface area contributed by atoms with E-state index < -0.39 is 0 Å². The largest absolute Gasteiger partial charge is 0.294 e. The molecule has 0 atom stereocenters. The standard InChI is InChI=1S/C12H15BrO/c1-2-3-4-9-12(14)10-7-5-6-8-11(10)13/h5-8H,2-4,9H2,1H3. The number of benzene rings is 1. The van der Waals surface area contributed by atoms with E-state index in [2.05, 4.69) is 22.9 Å². The smallest absolute Gasteiger partial charge is 0.164 e. The zero-order valence-electron chi connectivity index (χ0n) is 8.42. The first-order chi connectivity index (χ1) is 6.75. The van der Waals surface area contributed by atoms with E-state index in [0.29, 0.717) is 6.42 Å². The van der Waals surface area contributed by atoms with E-state index >= 15 is 0 Å². The quantitative estimate of drug-likeness (QED) is 0.569. The molecule has 1 aromatic rings. The van der Waals surface area contributed by atoms with Crippen LogP contribution in [-0.2, 0) is 0 Å². The SMILES string of the molecule is CCCCCC(=O)c1ccccc1Br. The van der Waals surface area contributed by atoms with Crippen molar-refractivity contribution < 1.29 is 4.79 Å². The third kappa shape index (κ3) is 3.26. The number of carbonyl (C=O) groups excluding carboxylic acids is 1. The average molecular weight is 255 g/mol. The molecule has 0 aliphatic carbocycles. The predicted molar refractivity (Wildman–Crippen MR) is 62.6 cm³/mol. The summed E-state index contributed by atoms with van der Waals surface area (Å²) in [6.45, 7) is 2.14. The van der Waals surface area contributed by atoms with E-state index in [1.807, 2.05) is 24.3 Å². The van der Waals surface area contributed by atoms with Gasteiger partial charge in [-0.2, -0.15) is 0 Å². The first kappa shape index (κ1) is 11.4. The van der Waals surface area contributed by atoms with Crippen molar-refractivity contribution in [2.24, 2.45) is 0 Å². The molecule has 0 unspecified atom stereocenters. The van der Waals surface area contributed by atoms with Gasteiger partial charge in [0.25, 0.3) is 0 Å². The fraction of sp³-hybridized carbons (Fsp3) is 0.417. The van der Waals surface area contributed by atoms with Crippen molar-refractivity contribution in [3.05, 3.63) is 34.3 Å². The van der Waals surface area contributed by atoms with Crippen molar-refractivity contribution in [1.82, 2.24) is 0 Å². The van der Waals surface area contributed by atoms with E-state index in [9.17, 15) is 4.79 Å². The topological polar surface area (TPSA) is 17.1 Å². The minimum absolute atomic E-state index is 0.242. The highest BCUT2D eigenvalue weighted by molar-refractivity contribution is 9.10. The second-order valence-corrected chi connectivity index (χ2v) is 4.21. The van der Waals surface area contributed by atoms with Crippen LogP contribution in [0.15, 0.2) is 28.7 Å². The van der Waals surface area contributed by atoms with Crippen molar-refractivity contribution in [3.8, 4) is 0 Å². The summed E-state index contributed by atoms with van der Waals surface area (Å²) in [5.41, 5.74) is 0.809. The molecular formula is C12H15BrO. The highest BCUT2D eigenvalue weighted by atomic mass is 79.9. The Balaban J connectivity index is 2.56. The summed E-state index contributed by atoms with van der Waals surface area (Å²) < 4.78 is 0.904. The third-order valence-electron chi connectivity index (χ3n) is 2.18. The van der Waals surface area contributed by atoms with Gasteiger partial charge in [0.1, 0.15) is 0 Å². The lowest BCUT2D eigenvalue weighted by molar-refractivity contribution is 0.0978. The number of halogens is 1. The van der Waals surface area contributed by atoms with Crippen molar-refractivity contribution in [3.63, 3.8) is 0 Å². The maximum absolute atomic E-state index is 11.7. The Labute approximate surface area is 93.7 Å². The molecule has 1 nitrogen and oxygen atoms in total. The summed E-state index contributed by atoms with van der Waals surface area (Å²) >= 11 is 3.39. The molecular weight excluding hydrogens is 240 g/mol. The zero-order chi connectivity index (χ0) is 10.4. The molecule has 0 aliphatic rings. The highest BCUT2D eigenvalue weighted by Gasteiger charge is 2.07. The Morgan fingerprint density at radius 3 is 2.64 bits per heavy atom. The monoisotopic (exact) mass is 254 g/mol. The van der Waals surface area contributed by atoms with E-state index in [1.165, 1.54) is 0 Å². The molecule has 1 aromatic carbocycles. The number of rotatable bonds is 5. The van der Waals surface area contributed by atoms with Gasteiger partial charge in [0.15, 0.2) is 5.78 Å². The maximum Gasteiger partial charge on any atom is 0.164 e. The molecule has 0 N–H and O–H groups in total. The first-order valence-corrected chi connectivity index (χ1v) is 5.82. The van der Waals surface area contributed by atoms with E-state index in [4.69, 9.17) is 0 Å². The maximum atomic E-state index is 11.7. The Morgan fingerprint density at radius 2 is 2.00 bits per heavy atom. The van der Waals surface area contributed by atoms with Crippen LogP contribution in [0.1, 0.15) is 43.0 Å². The number of carbonyl (C=O) groups is 1. The van der Waals surface area contributed by atoms with Crippen LogP contribution in [0, 0.1) is 0 Å². The molecule has 0 radical (unpaired) electrons. The van der Waals surface area contributed by atoms with E-state index in [0.717, 1.165) is 29.3 Å². The summed E-state index contributed by atoms with van der Waals surface area (Å²) in [6, 6.07) is 7.61. The Kier molecular flexibility index (Phi) is 4.88. The number of unbranched alkanes of at least 4 members (excludes halogenated alkanes) is 2. The fourth-order valence-electron chi connectivity index (χ4n) is 1.36. The minimum Gasteiger partial charge on any atom is -0.294 e. The normalized spacial score (nSPS) is 10.1. The molecule has 0 aromatic heterocycles. The molecule has 0 heterocycles. The van der Waals surface area contributed by atoms with Gasteiger partial charge in [-0.3, -0.25) is 4.79 Å². The van der Waals surface area contributed by atoms with Crippen LogP contribution >= 0.6 is 15.9 Å². The molecule has 0 saturated carbocycles. The van der Waals surface area contributed by atoms with Crippen molar-refractivity contribution in [2.45, 2.75) is 32.6 Å². The average Bonchev–Trinajstić information content (AvgIpc) is 2.18. The summed E-state index contributed by atoms with van der Waals surface area (Å²) in [4.78, 5) is 11.7. The number of hydrogen-bond donors (Lipinski definition) is 0. The number of hydrogen-bond acceptors (Lipinski definition) is 1. The third-order valence-corrected chi connectivity index (χ3v) is 2.87. The van der Waals surface area contributed by atoms with E-state index in [-0.39, 0.29) is 5.78 Å². The molecule has 14 heavy (non-hydrogen) atoms. The minimum atomic E-state index is 0.242. The Bertz CT molecular complexity index is 307. The zero-order valence-corrected chi connectivity index (χ0v) is 10.0. The number of ketones is 1. The van der Waals surface area contributed by atoms with Crippen LogP contribution in [0.2, 0.25) is 0 Å². The molecule has 1 rings (SSSR count). The van der Waals surface area contributed by atoms with Gasteiger partial charge < -0.3 is 0 Å². The van der Waals surface area contributed by atoms with E-state index in [1.54, 1.807) is 0 Å². The van der Waals surface area contributed by atoms with Crippen LogP contribution in [-0.4, -0.2) is 5.78 Å². The summed E-state index contributed by atoms with van der Waals surface area (Å²) in [5, 5.41) is 0. The van der Waals surface area contributed by atoms with Gasteiger partial charge in [-0.15, -0.1) is 0 Å². The van der Waals surface area contributed by atoms with Gasteiger partial charge in [-0.05, 0) is 12.5 Å². The van der Waals surface area contributed by atoms with Crippen LogP contribution in [0.3, 0.4) is 0 Å². The molecule has 0 fully saturated rings. The van der Waals surface area contributed by atoms with Crippen molar-refractivity contribution in [2.75, 3.05) is 0 Å². The predicted octanol–water partition coefficient (Wildman–Crippen LogP) is 4.21. The molecule has 0 spiro atoms. The first-order valence-electron chi connectivity index (χ1n) is 5.03. The van der Waals surface area contributed by atoms with Crippen LogP contribution < -0.4 is 0 Å². The van der Waals surface area contributed by atoms with Crippen molar-refractivity contribution >= 4 is 21.7 Å². The molecule has 0 amide bonds. The lowest BCUT2D eigenvalue weighted by atomic mass is 10.1. The summed E-state index contributed by atoms with van der Waals surface area (Å²) in [6.07, 6.45) is 3.95. The van der Waals surface area contributed by atoms with Gasteiger partial charge in [0.05, 0.1) is 0 Å². The van der Waals surface area contributed by atoms with Crippen LogP contribution in [0.5, 0.6) is 0 Å². The van der Waals surface area contributed by atoms with Gasteiger partial charge in [-0.1, -0.05) is 53.9 Å². The fourth-order valence-corrected chi connectivity index (χ4v) is 1.86. The molecule has 2 heteroatoms. The molecule has 0 bridgehead atoms. The second-order valence-electron chi connectivity index (χ2n) is 3.36. The lowest BCUT2D eigenvalue weighted by Crippen LogP contribution is -1.99. The highest BCUT2D eigenvalue weighted by Crippen LogP contribution is 2.18. The van der Waals surface area contributed by atoms with Gasteiger partial charge in [0.2, 0.25) is 0 Å². The van der Waals surface area contributed by atoms with Crippen molar-refractivity contribution in [1.29, 1.82) is 0 Å². The van der Waals surface area contributed by atoms with Crippen LogP contribution in [0.4, 0.5) is 0 Å². The summed E-state index contributed by atoms with van der Waals surface area (Å²) in [7, 11) is 0. The summed E-state index contributed by atoms with van der Waals surface area (Å²) in [5.74, 6) is 0.242. The second kappa shape index (κ2) is 5.97. The van der Waals surface area contributed by atoms with Gasteiger partial charge in [-0.25, -0.2) is 0 Å².